The lowest BCUT2D eigenvalue weighted by molar-refractivity contribution is -0.482. The van der Waals surface area contributed by atoms with E-state index in [-0.39, 0.29) is 6.54 Å². The molecule has 0 saturated carbocycles. The Kier molecular flexibility index (Phi) is 13.4. The Balaban J connectivity index is 6.73. The molecule has 0 radical (unpaired) electrons. The van der Waals surface area contributed by atoms with E-state index >= 15 is 0 Å². The van der Waals surface area contributed by atoms with Gasteiger partial charge in [0.1, 0.15) is 0 Å². The second kappa shape index (κ2) is 14.0. The predicted octanol–water partition coefficient (Wildman–Crippen LogP) is 7.25. The molecule has 0 amide bonds. The van der Waals surface area contributed by atoms with Gasteiger partial charge in [0.05, 0.1) is 12.3 Å². The Labute approximate surface area is 271 Å². The molecule has 0 spiro atoms. The van der Waals surface area contributed by atoms with Crippen molar-refractivity contribution in [2.75, 3.05) is 32.4 Å². The van der Waals surface area contributed by atoms with Crippen LogP contribution < -0.4 is 4.72 Å². The van der Waals surface area contributed by atoms with Crippen molar-refractivity contribution in [2.45, 2.75) is 84.2 Å². The van der Waals surface area contributed by atoms with Crippen LogP contribution in [0.1, 0.15) is 12.8 Å². The highest BCUT2D eigenvalue weighted by molar-refractivity contribution is 7.89. The minimum Gasteiger partial charge on any atom is -0.480 e. The number of rotatable bonds is 20. The van der Waals surface area contributed by atoms with Crippen LogP contribution in [0.3, 0.4) is 0 Å². The molecule has 0 aromatic heterocycles. The third-order valence-electron chi connectivity index (χ3n) is 6.49. The summed E-state index contributed by atoms with van der Waals surface area (Å²) >= 11 is 0. The van der Waals surface area contributed by atoms with Gasteiger partial charge in [-0.25, -0.2) is 13.1 Å². The summed E-state index contributed by atoms with van der Waals surface area (Å²) in [5.74, 6) is -104. The maximum absolute atomic E-state index is 14.0. The smallest absolute Gasteiger partial charge is 0.460 e. The van der Waals surface area contributed by atoms with Crippen LogP contribution in [0.25, 0.3) is 0 Å². The highest BCUT2D eigenvalue weighted by Gasteiger charge is 2.99. The molecular formula is C20H17F25N2O4S. The lowest BCUT2D eigenvalue weighted by Crippen LogP contribution is -2.78. The maximum Gasteiger partial charge on any atom is 0.460 e. The molecular weight excluding hydrogens is 839 g/mol. The van der Waals surface area contributed by atoms with E-state index in [1.54, 1.807) is 0 Å². The van der Waals surface area contributed by atoms with Gasteiger partial charge in [0.15, 0.2) is 0 Å². The molecule has 312 valence electrons. The first kappa shape index (κ1) is 49.6. The number of sulfonamides is 1. The van der Waals surface area contributed by atoms with Crippen molar-refractivity contribution in [3.05, 3.63) is 0 Å². The van der Waals surface area contributed by atoms with Gasteiger partial charge in [-0.05, 0) is 20.0 Å². The van der Waals surface area contributed by atoms with Gasteiger partial charge in [0, 0.05) is 13.0 Å². The summed E-state index contributed by atoms with van der Waals surface area (Å²) in [6.45, 7) is -1.92. The summed E-state index contributed by atoms with van der Waals surface area (Å²) < 4.78 is 362. The minimum atomic E-state index is -9.70. The molecule has 0 unspecified atom stereocenters. The van der Waals surface area contributed by atoms with E-state index in [2.05, 4.69) is 0 Å². The third-order valence-corrected chi connectivity index (χ3v) is 7.88. The molecule has 0 aromatic carbocycles. The summed E-state index contributed by atoms with van der Waals surface area (Å²) in [5.41, 5.74) is 0. The summed E-state index contributed by atoms with van der Waals surface area (Å²) in [6, 6.07) is 0. The molecule has 0 heterocycles. The number of aliphatic carboxylic acids is 1. The molecule has 0 aliphatic rings. The zero-order valence-corrected chi connectivity index (χ0v) is 25.0. The second-order valence-corrected chi connectivity index (χ2v) is 12.3. The van der Waals surface area contributed by atoms with Crippen LogP contribution in [0.2, 0.25) is 0 Å². The lowest BCUT2D eigenvalue weighted by Gasteiger charge is -2.45. The highest BCUT2D eigenvalue weighted by atomic mass is 32.2. The monoisotopic (exact) mass is 856 g/mol. The minimum absolute atomic E-state index is 0.325. The van der Waals surface area contributed by atoms with Crippen LogP contribution in [-0.2, 0) is 14.8 Å². The number of carbonyl (C=O) groups is 1. The summed E-state index contributed by atoms with van der Waals surface area (Å²) in [5, 5.41) is 8.51. The average Bonchev–Trinajstić information content (AvgIpc) is 2.92. The van der Waals surface area contributed by atoms with Gasteiger partial charge in [-0.3, -0.25) is 9.69 Å². The summed E-state index contributed by atoms with van der Waals surface area (Å²) in [4.78, 5) is 11.4. The van der Waals surface area contributed by atoms with Crippen molar-refractivity contribution in [1.29, 1.82) is 0 Å². The summed E-state index contributed by atoms with van der Waals surface area (Å²) in [6.07, 6.45) is -12.1. The van der Waals surface area contributed by atoms with Crippen molar-refractivity contribution < 1.29 is 128 Å². The standard InChI is InChI=1S/C20H17F25N2O4S/c1-47(7-8(48)49)5-2-4-46-52(50,51)6-3-9(21,22)10(23,24)11(25,26)12(27,28)13(29,30)14(31,32)15(33,34)16(35,36)17(37,38)18(39,40)19(41,42)20(43,44)45/h46H,2-7H2,1H3,(H,48,49). The van der Waals surface area contributed by atoms with Crippen LogP contribution in [0.15, 0.2) is 0 Å². The van der Waals surface area contributed by atoms with Gasteiger partial charge in [0.2, 0.25) is 10.0 Å². The Morgan fingerprint density at radius 2 is 0.827 bits per heavy atom. The molecule has 0 bridgehead atoms. The Hall–Kier alpha value is -2.41. The molecule has 0 saturated heterocycles. The molecule has 52 heavy (non-hydrogen) atoms. The first-order valence-electron chi connectivity index (χ1n) is 12.4. The number of halogens is 25. The number of hydrogen-bond donors (Lipinski definition) is 2. The van der Waals surface area contributed by atoms with Crippen LogP contribution in [-0.4, -0.2) is 128 Å². The fourth-order valence-electron chi connectivity index (χ4n) is 3.36. The molecule has 0 aliphatic carbocycles. The molecule has 32 heteroatoms. The maximum atomic E-state index is 14.0. The van der Waals surface area contributed by atoms with E-state index in [4.69, 9.17) is 5.11 Å². The second-order valence-electron chi connectivity index (χ2n) is 10.4. The number of alkyl halides is 25. The summed E-state index contributed by atoms with van der Waals surface area (Å²) in [7, 11) is -4.34. The van der Waals surface area contributed by atoms with Crippen LogP contribution in [0.5, 0.6) is 0 Å². The SMILES string of the molecule is CN(CCCNS(=O)(=O)CCC(F)(F)C(F)(F)C(F)(F)C(F)(F)C(F)(F)C(F)(F)C(F)(F)C(F)(F)C(F)(F)C(F)(F)C(F)(F)C(F)(F)F)CC(=O)O. The quantitative estimate of drug-likeness (QED) is 0.0997. The number of nitrogens with one attached hydrogen (secondary N) is 1. The van der Waals surface area contributed by atoms with Gasteiger partial charge in [-0.2, -0.15) is 110 Å². The predicted molar refractivity (Wildman–Crippen MR) is 117 cm³/mol. The normalized spacial score (nSPS) is 16.1. The van der Waals surface area contributed by atoms with E-state index in [1.165, 1.54) is 4.72 Å². The van der Waals surface area contributed by atoms with Crippen molar-refractivity contribution in [3.63, 3.8) is 0 Å². The number of carboxylic acids is 1. The Bertz CT molecular complexity index is 1380. The first-order valence-corrected chi connectivity index (χ1v) is 14.0. The largest absolute Gasteiger partial charge is 0.480 e. The zero-order chi connectivity index (χ0) is 42.6. The van der Waals surface area contributed by atoms with Crippen molar-refractivity contribution >= 4 is 16.0 Å². The van der Waals surface area contributed by atoms with Crippen molar-refractivity contribution in [3.8, 4) is 0 Å². The number of nitrogens with zero attached hydrogens (tertiary/aromatic N) is 1. The molecule has 6 nitrogen and oxygen atoms in total. The molecule has 0 fully saturated rings. The fraction of sp³-hybridized carbons (Fsp3) is 0.950. The number of carboxylic acid groups (broad SMARTS) is 1. The zero-order valence-electron chi connectivity index (χ0n) is 24.2. The van der Waals surface area contributed by atoms with Gasteiger partial charge >= 0.3 is 77.3 Å². The van der Waals surface area contributed by atoms with Crippen LogP contribution >= 0.6 is 0 Å². The molecule has 2 N–H and O–H groups in total. The van der Waals surface area contributed by atoms with E-state index in [0.29, 0.717) is 0 Å². The molecule has 0 aliphatic heterocycles. The van der Waals surface area contributed by atoms with Crippen molar-refractivity contribution in [1.82, 2.24) is 9.62 Å². The van der Waals surface area contributed by atoms with Gasteiger partial charge in [-0.1, -0.05) is 0 Å². The van der Waals surface area contributed by atoms with Gasteiger partial charge < -0.3 is 5.11 Å². The number of likely N-dealkylation sites (N-methyl/N-ethyl adjacent to an activating group) is 1. The average molecular weight is 856 g/mol. The molecule has 0 rings (SSSR count). The fourth-order valence-corrected chi connectivity index (χ4v) is 4.49. The third kappa shape index (κ3) is 7.73. The Morgan fingerprint density at radius 1 is 0.538 bits per heavy atom. The molecule has 0 aromatic rings. The van der Waals surface area contributed by atoms with E-state index in [1.807, 2.05) is 0 Å². The number of hydrogen-bond acceptors (Lipinski definition) is 4. The van der Waals surface area contributed by atoms with Crippen molar-refractivity contribution in [2.24, 2.45) is 0 Å². The molecule has 0 atom stereocenters. The topological polar surface area (TPSA) is 86.7 Å². The van der Waals surface area contributed by atoms with Gasteiger partial charge in [-0.15, -0.1) is 0 Å². The Morgan fingerprint density at radius 3 is 1.12 bits per heavy atom. The van der Waals surface area contributed by atoms with E-state index in [0.717, 1.165) is 11.9 Å². The first-order chi connectivity index (χ1) is 22.3. The van der Waals surface area contributed by atoms with E-state index in [9.17, 15) is 123 Å². The van der Waals surface area contributed by atoms with E-state index < -0.39 is 119 Å². The highest BCUT2D eigenvalue weighted by Crippen LogP contribution is 2.67. The van der Waals surface area contributed by atoms with Crippen LogP contribution in [0.4, 0.5) is 110 Å². The van der Waals surface area contributed by atoms with Gasteiger partial charge in [0.25, 0.3) is 0 Å². The lowest BCUT2D eigenvalue weighted by atomic mass is 9.84. The van der Waals surface area contributed by atoms with Crippen LogP contribution in [0, 0.1) is 0 Å².